The van der Waals surface area contributed by atoms with E-state index in [1.54, 1.807) is 6.20 Å². The molecule has 0 saturated carbocycles. The van der Waals surface area contributed by atoms with Crippen molar-refractivity contribution in [2.45, 2.75) is 13.1 Å². The average Bonchev–Trinajstić information content (AvgIpc) is 3.09. The predicted octanol–water partition coefficient (Wildman–Crippen LogP) is 2.23. The highest BCUT2D eigenvalue weighted by atomic mass is 16.2. The standard InChI is InChI=1S/C24H25N5O2/c1-26-21-10-6-5-9-19(21)20-15-25-29(24(31)23(20)26)17-22(30)28-13-11-27(12-14-28)16-18-7-3-2-4-8-18/h2-10,15H,11-14,16-17H2,1H3. The number of hydrogen-bond donors (Lipinski definition) is 0. The highest BCUT2D eigenvalue weighted by Crippen LogP contribution is 2.24. The van der Waals surface area contributed by atoms with Gasteiger partial charge < -0.3 is 9.47 Å². The van der Waals surface area contributed by atoms with Crippen LogP contribution in [0, 0.1) is 0 Å². The second-order valence-corrected chi connectivity index (χ2v) is 8.09. The smallest absolute Gasteiger partial charge is 0.291 e. The normalized spacial score (nSPS) is 15.1. The Morgan fingerprint density at radius 1 is 0.935 bits per heavy atom. The van der Waals surface area contributed by atoms with E-state index in [1.807, 2.05) is 59.0 Å². The lowest BCUT2D eigenvalue weighted by Gasteiger charge is -2.34. The Balaban J connectivity index is 1.30. The summed E-state index contributed by atoms with van der Waals surface area (Å²) in [6, 6.07) is 18.2. The Hall–Kier alpha value is -3.45. The lowest BCUT2D eigenvalue weighted by molar-refractivity contribution is -0.133. The molecule has 1 aliphatic rings. The summed E-state index contributed by atoms with van der Waals surface area (Å²) >= 11 is 0. The molecular formula is C24H25N5O2. The minimum absolute atomic E-state index is 0.0328. The maximum atomic E-state index is 13.1. The van der Waals surface area contributed by atoms with Crippen molar-refractivity contribution in [3.63, 3.8) is 0 Å². The molecule has 158 valence electrons. The fourth-order valence-corrected chi connectivity index (χ4v) is 4.45. The molecule has 0 unspecified atom stereocenters. The first-order valence-corrected chi connectivity index (χ1v) is 10.6. The first-order chi connectivity index (χ1) is 15.1. The molecule has 0 aliphatic carbocycles. The minimum Gasteiger partial charge on any atom is -0.339 e. The molecule has 4 aromatic rings. The molecule has 0 bridgehead atoms. The van der Waals surface area contributed by atoms with Gasteiger partial charge in [0.1, 0.15) is 12.1 Å². The monoisotopic (exact) mass is 415 g/mol. The molecule has 5 rings (SSSR count). The van der Waals surface area contributed by atoms with Crippen molar-refractivity contribution in [2.24, 2.45) is 7.05 Å². The summed E-state index contributed by atoms with van der Waals surface area (Å²) in [6.07, 6.45) is 1.70. The van der Waals surface area contributed by atoms with Gasteiger partial charge in [-0.05, 0) is 11.6 Å². The molecule has 1 amide bonds. The van der Waals surface area contributed by atoms with Crippen LogP contribution < -0.4 is 5.56 Å². The Morgan fingerprint density at radius 2 is 1.65 bits per heavy atom. The number of carbonyl (C=O) groups excluding carboxylic acids is 1. The van der Waals surface area contributed by atoms with E-state index in [1.165, 1.54) is 10.2 Å². The van der Waals surface area contributed by atoms with Gasteiger partial charge in [-0.1, -0.05) is 48.5 Å². The Labute approximate surface area is 180 Å². The van der Waals surface area contributed by atoms with E-state index in [0.717, 1.165) is 35.9 Å². The fraction of sp³-hybridized carbons (Fsp3) is 0.292. The van der Waals surface area contributed by atoms with Crippen LogP contribution in [0.25, 0.3) is 21.8 Å². The number of hydrogen-bond acceptors (Lipinski definition) is 4. The van der Waals surface area contributed by atoms with E-state index in [0.29, 0.717) is 18.6 Å². The Morgan fingerprint density at radius 3 is 2.42 bits per heavy atom. The average molecular weight is 415 g/mol. The van der Waals surface area contributed by atoms with E-state index in [4.69, 9.17) is 0 Å². The molecule has 0 atom stereocenters. The summed E-state index contributed by atoms with van der Waals surface area (Å²) < 4.78 is 3.18. The van der Waals surface area contributed by atoms with Crippen LogP contribution in [0.15, 0.2) is 65.6 Å². The van der Waals surface area contributed by atoms with Gasteiger partial charge in [-0.2, -0.15) is 5.10 Å². The van der Waals surface area contributed by atoms with Gasteiger partial charge in [0.15, 0.2) is 0 Å². The highest BCUT2D eigenvalue weighted by molar-refractivity contribution is 6.07. The first kappa shape index (κ1) is 19.5. The summed E-state index contributed by atoms with van der Waals surface area (Å²) in [6.45, 7) is 3.83. The number of rotatable bonds is 4. The number of fused-ring (bicyclic) bond motifs is 3. The van der Waals surface area contributed by atoms with Crippen molar-refractivity contribution in [2.75, 3.05) is 26.2 Å². The van der Waals surface area contributed by atoms with E-state index in [-0.39, 0.29) is 18.0 Å². The zero-order chi connectivity index (χ0) is 21.4. The van der Waals surface area contributed by atoms with Crippen molar-refractivity contribution >= 4 is 27.7 Å². The summed E-state index contributed by atoms with van der Waals surface area (Å²) in [5, 5.41) is 6.13. The SMILES string of the molecule is Cn1c2ccccc2c2cnn(CC(=O)N3CCN(Cc4ccccc4)CC3)c(=O)c21. The predicted molar refractivity (Wildman–Crippen MR) is 121 cm³/mol. The summed E-state index contributed by atoms with van der Waals surface area (Å²) in [4.78, 5) is 30.2. The maximum Gasteiger partial charge on any atom is 0.291 e. The number of aromatic nitrogens is 3. The van der Waals surface area contributed by atoms with Crippen LogP contribution in [-0.4, -0.2) is 56.2 Å². The van der Waals surface area contributed by atoms with Gasteiger partial charge in [0.25, 0.3) is 5.56 Å². The van der Waals surface area contributed by atoms with Gasteiger partial charge >= 0.3 is 0 Å². The van der Waals surface area contributed by atoms with Gasteiger partial charge in [-0.15, -0.1) is 0 Å². The zero-order valence-electron chi connectivity index (χ0n) is 17.6. The van der Waals surface area contributed by atoms with Crippen LogP contribution in [0.2, 0.25) is 0 Å². The van der Waals surface area contributed by atoms with Crippen molar-refractivity contribution in [3.05, 3.63) is 76.7 Å². The lowest BCUT2D eigenvalue weighted by atomic mass is 10.2. The van der Waals surface area contributed by atoms with E-state index in [2.05, 4.69) is 22.1 Å². The quantitative estimate of drug-likeness (QED) is 0.513. The molecule has 7 nitrogen and oxygen atoms in total. The Bertz CT molecular complexity index is 1300. The van der Waals surface area contributed by atoms with Crippen molar-refractivity contribution in [3.8, 4) is 0 Å². The maximum absolute atomic E-state index is 13.1. The van der Waals surface area contributed by atoms with Gasteiger partial charge in [-0.3, -0.25) is 14.5 Å². The van der Waals surface area contributed by atoms with Gasteiger partial charge in [0.2, 0.25) is 5.91 Å². The molecule has 1 saturated heterocycles. The van der Waals surface area contributed by atoms with Crippen LogP contribution in [0.1, 0.15) is 5.56 Å². The van der Waals surface area contributed by atoms with E-state index < -0.39 is 0 Å². The molecule has 2 aromatic carbocycles. The van der Waals surface area contributed by atoms with E-state index >= 15 is 0 Å². The summed E-state index contributed by atoms with van der Waals surface area (Å²) in [5.74, 6) is -0.0629. The second-order valence-electron chi connectivity index (χ2n) is 8.09. The highest BCUT2D eigenvalue weighted by Gasteiger charge is 2.22. The topological polar surface area (TPSA) is 63.4 Å². The van der Waals surface area contributed by atoms with Crippen LogP contribution in [0.5, 0.6) is 0 Å². The Kier molecular flexibility index (Phi) is 5.03. The molecular weight excluding hydrogens is 390 g/mol. The molecule has 3 heterocycles. The van der Waals surface area contributed by atoms with Crippen molar-refractivity contribution < 1.29 is 4.79 Å². The lowest BCUT2D eigenvalue weighted by Crippen LogP contribution is -2.49. The van der Waals surface area contributed by atoms with Gasteiger partial charge in [0.05, 0.1) is 6.20 Å². The second kappa shape index (κ2) is 8.00. The van der Waals surface area contributed by atoms with Crippen LogP contribution in [0.4, 0.5) is 0 Å². The molecule has 31 heavy (non-hydrogen) atoms. The van der Waals surface area contributed by atoms with Crippen LogP contribution >= 0.6 is 0 Å². The number of aryl methyl sites for hydroxylation is 1. The third kappa shape index (κ3) is 3.61. The minimum atomic E-state index is -0.229. The van der Waals surface area contributed by atoms with Gasteiger partial charge in [0, 0.05) is 56.1 Å². The largest absolute Gasteiger partial charge is 0.339 e. The summed E-state index contributed by atoms with van der Waals surface area (Å²) in [7, 11) is 1.88. The molecule has 2 aromatic heterocycles. The summed E-state index contributed by atoms with van der Waals surface area (Å²) in [5.41, 5.74) is 2.61. The molecule has 7 heteroatoms. The van der Waals surface area contributed by atoms with E-state index in [9.17, 15) is 9.59 Å². The van der Waals surface area contributed by atoms with Crippen molar-refractivity contribution in [1.29, 1.82) is 0 Å². The van der Waals surface area contributed by atoms with Gasteiger partial charge in [-0.25, -0.2) is 4.68 Å². The first-order valence-electron chi connectivity index (χ1n) is 10.6. The molecule has 0 N–H and O–H groups in total. The molecule has 1 aliphatic heterocycles. The number of piperazine rings is 1. The fourth-order valence-electron chi connectivity index (χ4n) is 4.45. The van der Waals surface area contributed by atoms with Crippen molar-refractivity contribution in [1.82, 2.24) is 24.1 Å². The van der Waals surface area contributed by atoms with Crippen LogP contribution in [0.3, 0.4) is 0 Å². The number of benzene rings is 2. The molecule has 0 radical (unpaired) electrons. The third-order valence-electron chi connectivity index (χ3n) is 6.17. The molecule has 1 fully saturated rings. The number of nitrogens with zero attached hydrogens (tertiary/aromatic N) is 5. The number of para-hydroxylation sites is 1. The number of amides is 1. The number of carbonyl (C=O) groups is 1. The third-order valence-corrected chi connectivity index (χ3v) is 6.17. The zero-order valence-corrected chi connectivity index (χ0v) is 17.6. The van der Waals surface area contributed by atoms with Crippen LogP contribution in [-0.2, 0) is 24.9 Å². The molecule has 0 spiro atoms.